The van der Waals surface area contributed by atoms with Gasteiger partial charge >= 0.3 is 0 Å². The van der Waals surface area contributed by atoms with Gasteiger partial charge in [0, 0.05) is 62.0 Å². The molecule has 1 saturated carbocycles. The van der Waals surface area contributed by atoms with Crippen molar-refractivity contribution >= 4 is 46.2 Å². The van der Waals surface area contributed by atoms with Crippen molar-refractivity contribution in [3.05, 3.63) is 93.3 Å². The normalized spacial score (nSPS) is 19.6. The van der Waals surface area contributed by atoms with E-state index >= 15 is 0 Å². The van der Waals surface area contributed by atoms with Crippen molar-refractivity contribution in [2.45, 2.75) is 31.8 Å². The Labute approximate surface area is 221 Å². The van der Waals surface area contributed by atoms with Crippen molar-refractivity contribution in [3.63, 3.8) is 0 Å². The number of Topliss-reactive ketones (excluding diaryl/α,β-unsaturated/α-hetero) is 1. The lowest BCUT2D eigenvalue weighted by molar-refractivity contribution is -0.126. The molecular weight excluding hydrogens is 495 g/mol. The van der Waals surface area contributed by atoms with Crippen molar-refractivity contribution in [1.29, 1.82) is 0 Å². The van der Waals surface area contributed by atoms with Gasteiger partial charge in [0.25, 0.3) is 0 Å². The number of ether oxygens (including phenoxy) is 1. The molecule has 1 fully saturated rings. The molecule has 36 heavy (non-hydrogen) atoms. The number of fused-ring (bicyclic) bond motifs is 1. The molecule has 0 saturated heterocycles. The lowest BCUT2D eigenvalue weighted by atomic mass is 9.81. The van der Waals surface area contributed by atoms with Crippen molar-refractivity contribution < 1.29 is 14.3 Å². The summed E-state index contributed by atoms with van der Waals surface area (Å²) in [6.07, 6.45) is 6.13. The van der Waals surface area contributed by atoms with Gasteiger partial charge < -0.3 is 14.5 Å². The number of anilines is 1. The fourth-order valence-corrected chi connectivity index (χ4v) is 5.49. The van der Waals surface area contributed by atoms with Crippen molar-refractivity contribution in [1.82, 2.24) is 4.90 Å². The van der Waals surface area contributed by atoms with Gasteiger partial charge in [-0.25, -0.2) is 0 Å². The number of hydrogen-bond acceptors (Lipinski definition) is 4. The van der Waals surface area contributed by atoms with Crippen LogP contribution in [0.2, 0.25) is 10.0 Å². The van der Waals surface area contributed by atoms with E-state index in [-0.39, 0.29) is 17.6 Å². The summed E-state index contributed by atoms with van der Waals surface area (Å²) in [6.45, 7) is 0.468. The maximum absolute atomic E-state index is 13.3. The fourth-order valence-electron chi connectivity index (χ4n) is 4.98. The zero-order chi connectivity index (χ0) is 25.4. The minimum atomic E-state index is -0.568. The molecule has 1 heterocycles. The van der Waals surface area contributed by atoms with Crippen LogP contribution in [-0.2, 0) is 14.3 Å². The zero-order valence-corrected chi connectivity index (χ0v) is 21.9. The number of methoxy groups -OCH3 is 1. The molecule has 1 aliphatic heterocycles. The van der Waals surface area contributed by atoms with E-state index in [1.807, 2.05) is 43.6 Å². The number of benzene rings is 2. The van der Waals surface area contributed by atoms with Crippen LogP contribution in [0, 0.1) is 5.92 Å². The molecule has 2 aromatic carbocycles. The molecule has 7 heteroatoms. The average Bonchev–Trinajstić information content (AvgIpc) is 3.71. The summed E-state index contributed by atoms with van der Waals surface area (Å²) in [7, 11) is 3.56. The molecular formula is C29H28Cl2N2O3. The topological polar surface area (TPSA) is 49.9 Å². The molecule has 0 spiro atoms. The molecule has 1 amide bonds. The Morgan fingerprint density at radius 3 is 2.56 bits per heavy atom. The second-order valence-electron chi connectivity index (χ2n) is 9.44. The van der Waals surface area contributed by atoms with Crippen LogP contribution in [0.15, 0.2) is 77.7 Å². The molecule has 2 aliphatic carbocycles. The molecule has 1 atom stereocenters. The molecule has 0 bridgehead atoms. The van der Waals surface area contributed by atoms with Crippen molar-refractivity contribution in [2.75, 3.05) is 25.6 Å². The molecule has 0 aromatic heterocycles. The Bertz CT molecular complexity index is 1290. The first-order valence-corrected chi connectivity index (χ1v) is 12.9. The summed E-state index contributed by atoms with van der Waals surface area (Å²) >= 11 is 12.7. The molecule has 0 N–H and O–H groups in total. The molecule has 5 rings (SSSR count). The van der Waals surface area contributed by atoms with Crippen LogP contribution < -0.4 is 4.90 Å². The van der Waals surface area contributed by atoms with E-state index in [0.717, 1.165) is 40.8 Å². The largest absolute Gasteiger partial charge is 0.370 e. The SMILES string of the molecule is COC1C=C2C(=CN(C)C(CCN(C(=O)C3CC3)c3ccc(Cl)cc3Cl)=C2c2ccccc2)CC1=O. The van der Waals surface area contributed by atoms with Gasteiger partial charge in [0.1, 0.15) is 6.10 Å². The number of ketones is 1. The van der Waals surface area contributed by atoms with Gasteiger partial charge in [0.15, 0.2) is 5.78 Å². The first-order chi connectivity index (χ1) is 17.4. The second-order valence-corrected chi connectivity index (χ2v) is 10.3. The lowest BCUT2D eigenvalue weighted by Gasteiger charge is -2.35. The maximum Gasteiger partial charge on any atom is 0.230 e. The third kappa shape index (κ3) is 4.88. The highest BCUT2D eigenvalue weighted by atomic mass is 35.5. The Morgan fingerprint density at radius 1 is 1.14 bits per heavy atom. The molecule has 186 valence electrons. The van der Waals surface area contributed by atoms with E-state index < -0.39 is 6.10 Å². The highest BCUT2D eigenvalue weighted by Crippen LogP contribution is 2.42. The predicted molar refractivity (Wildman–Crippen MR) is 144 cm³/mol. The second kappa shape index (κ2) is 10.3. The van der Waals surface area contributed by atoms with Crippen LogP contribution in [0.25, 0.3) is 5.57 Å². The zero-order valence-electron chi connectivity index (χ0n) is 20.3. The van der Waals surface area contributed by atoms with Gasteiger partial charge in [0.05, 0.1) is 10.7 Å². The Kier molecular flexibility index (Phi) is 7.07. The summed E-state index contributed by atoms with van der Waals surface area (Å²) in [5, 5.41) is 0.997. The Morgan fingerprint density at radius 2 is 1.89 bits per heavy atom. The number of carbonyl (C=O) groups excluding carboxylic acids is 2. The number of nitrogens with zero attached hydrogens (tertiary/aromatic N) is 2. The minimum Gasteiger partial charge on any atom is -0.370 e. The Hall–Kier alpha value is -2.86. The summed E-state index contributed by atoms with van der Waals surface area (Å²) in [5.41, 5.74) is 5.86. The molecule has 1 unspecified atom stereocenters. The van der Waals surface area contributed by atoms with Crippen molar-refractivity contribution in [2.24, 2.45) is 5.92 Å². The smallest absolute Gasteiger partial charge is 0.230 e. The number of hydrogen-bond donors (Lipinski definition) is 0. The Balaban J connectivity index is 1.56. The van der Waals surface area contributed by atoms with Crippen LogP contribution in [-0.4, -0.2) is 43.4 Å². The quantitative estimate of drug-likeness (QED) is 0.429. The number of allylic oxidation sites excluding steroid dienone is 3. The van der Waals surface area contributed by atoms with E-state index in [2.05, 4.69) is 17.0 Å². The van der Waals surface area contributed by atoms with Gasteiger partial charge in [-0.05, 0) is 53.8 Å². The third-order valence-corrected chi connectivity index (χ3v) is 7.50. The first-order valence-electron chi connectivity index (χ1n) is 12.1. The van der Waals surface area contributed by atoms with Crippen LogP contribution in [0.1, 0.15) is 31.2 Å². The van der Waals surface area contributed by atoms with Gasteiger partial charge in [-0.1, -0.05) is 53.5 Å². The van der Waals surface area contributed by atoms with Gasteiger partial charge in [0.2, 0.25) is 5.91 Å². The third-order valence-electron chi connectivity index (χ3n) is 6.96. The molecule has 3 aliphatic rings. The van der Waals surface area contributed by atoms with Crippen LogP contribution in [0.3, 0.4) is 0 Å². The maximum atomic E-state index is 13.3. The van der Waals surface area contributed by atoms with E-state index in [1.54, 1.807) is 24.1 Å². The number of halogens is 2. The summed E-state index contributed by atoms with van der Waals surface area (Å²) in [5.74, 6) is 0.192. The standard InChI is InChI=1S/C29H28Cl2N2O3/c1-32-17-20-14-26(34)27(36-2)16-22(20)28(18-6-4-3-5-7-18)25(32)12-13-33(29(35)19-8-9-19)24-11-10-21(30)15-23(24)31/h3-7,10-11,15-17,19,27H,8-9,12-14H2,1-2H3. The number of amides is 1. The van der Waals surface area contributed by atoms with Gasteiger partial charge in [-0.2, -0.15) is 0 Å². The summed E-state index contributed by atoms with van der Waals surface area (Å²) in [6, 6.07) is 15.4. The predicted octanol–water partition coefficient (Wildman–Crippen LogP) is 6.28. The highest BCUT2D eigenvalue weighted by molar-refractivity contribution is 6.36. The van der Waals surface area contributed by atoms with Gasteiger partial charge in [-0.15, -0.1) is 0 Å². The first kappa shape index (κ1) is 24.8. The number of carbonyl (C=O) groups is 2. The number of rotatable bonds is 7. The minimum absolute atomic E-state index is 0.0458. The van der Waals surface area contributed by atoms with E-state index in [4.69, 9.17) is 27.9 Å². The summed E-state index contributed by atoms with van der Waals surface area (Å²) in [4.78, 5) is 29.8. The molecule has 5 nitrogen and oxygen atoms in total. The summed E-state index contributed by atoms with van der Waals surface area (Å²) < 4.78 is 5.47. The fraction of sp³-hybridized carbons (Fsp3) is 0.310. The van der Waals surface area contributed by atoms with Crippen LogP contribution in [0.5, 0.6) is 0 Å². The van der Waals surface area contributed by atoms with Crippen LogP contribution in [0.4, 0.5) is 5.69 Å². The molecule has 0 radical (unpaired) electrons. The van der Waals surface area contributed by atoms with Crippen LogP contribution >= 0.6 is 23.2 Å². The van der Waals surface area contributed by atoms with Crippen molar-refractivity contribution in [3.8, 4) is 0 Å². The van der Waals surface area contributed by atoms with E-state index in [0.29, 0.717) is 35.1 Å². The highest BCUT2D eigenvalue weighted by Gasteiger charge is 2.36. The van der Waals surface area contributed by atoms with E-state index in [9.17, 15) is 9.59 Å². The van der Waals surface area contributed by atoms with Gasteiger partial charge in [-0.3, -0.25) is 9.59 Å². The van der Waals surface area contributed by atoms with E-state index in [1.165, 1.54) is 0 Å². The molecule has 2 aromatic rings. The average molecular weight is 523 g/mol. The monoisotopic (exact) mass is 522 g/mol. The lowest BCUT2D eigenvalue weighted by Crippen LogP contribution is -2.35.